The molecule has 0 aliphatic heterocycles. The molecule has 0 spiro atoms. The number of carboxylic acids is 1. The molecule has 0 heterocycles. The molecule has 26 heavy (non-hydrogen) atoms. The third-order valence-electron chi connectivity index (χ3n) is 4.95. The normalized spacial score (nSPS) is 11.7. The van der Waals surface area contributed by atoms with Gasteiger partial charge < -0.3 is 10.8 Å². The van der Waals surface area contributed by atoms with Crippen LogP contribution in [0.3, 0.4) is 0 Å². The molecule has 0 aromatic carbocycles. The third kappa shape index (κ3) is 31.2. The average molecular weight is 372 g/mol. The van der Waals surface area contributed by atoms with E-state index < -0.39 is 5.97 Å². The molecule has 3 heteroatoms. The van der Waals surface area contributed by atoms with Gasteiger partial charge in [0, 0.05) is 13.0 Å². The first-order valence-electron chi connectivity index (χ1n) is 11.5. The van der Waals surface area contributed by atoms with Gasteiger partial charge in [-0.2, -0.15) is 0 Å². The molecular formula is C23H49NO2. The lowest BCUT2D eigenvalue weighted by Crippen LogP contribution is -2.17. The van der Waals surface area contributed by atoms with Gasteiger partial charge in [-0.05, 0) is 12.8 Å². The first-order chi connectivity index (χ1) is 12.5. The maximum absolute atomic E-state index is 9.00. The number of hydrogen-bond donors (Lipinski definition) is 2. The zero-order chi connectivity index (χ0) is 19.9. The lowest BCUT2D eigenvalue weighted by atomic mass is 10.0. The Morgan fingerprint density at radius 3 is 1.23 bits per heavy atom. The fourth-order valence-corrected chi connectivity index (χ4v) is 3.16. The van der Waals surface area contributed by atoms with Gasteiger partial charge in [0.05, 0.1) is 0 Å². The molecule has 0 aliphatic rings. The second-order valence-corrected chi connectivity index (χ2v) is 7.78. The first kappa shape index (κ1) is 27.6. The third-order valence-corrected chi connectivity index (χ3v) is 4.95. The van der Waals surface area contributed by atoms with Crippen molar-refractivity contribution < 1.29 is 9.90 Å². The van der Waals surface area contributed by atoms with Crippen LogP contribution < -0.4 is 5.73 Å². The minimum atomic E-state index is -0.833. The highest BCUT2D eigenvalue weighted by Gasteiger charge is 1.98. The van der Waals surface area contributed by atoms with Crippen LogP contribution >= 0.6 is 0 Å². The van der Waals surface area contributed by atoms with E-state index in [0.717, 1.165) is 13.3 Å². The van der Waals surface area contributed by atoms with Crippen LogP contribution in [0.5, 0.6) is 0 Å². The molecule has 0 fully saturated rings. The van der Waals surface area contributed by atoms with Crippen molar-refractivity contribution >= 4 is 5.97 Å². The van der Waals surface area contributed by atoms with Gasteiger partial charge in [0.2, 0.25) is 0 Å². The van der Waals surface area contributed by atoms with Gasteiger partial charge in [0.1, 0.15) is 0 Å². The van der Waals surface area contributed by atoms with E-state index in [9.17, 15) is 0 Å². The second-order valence-electron chi connectivity index (χ2n) is 7.78. The number of nitrogens with two attached hydrogens (primary N) is 1. The fourth-order valence-electron chi connectivity index (χ4n) is 3.16. The molecule has 0 saturated carbocycles. The van der Waals surface area contributed by atoms with Crippen LogP contribution in [0.2, 0.25) is 0 Å². The fraction of sp³-hybridized carbons (Fsp3) is 0.957. The van der Waals surface area contributed by atoms with Crippen LogP contribution in [-0.4, -0.2) is 17.1 Å². The quantitative estimate of drug-likeness (QED) is 0.246. The summed E-state index contributed by atoms with van der Waals surface area (Å²) >= 11 is 0. The van der Waals surface area contributed by atoms with Crippen molar-refractivity contribution in [2.24, 2.45) is 5.73 Å². The molecule has 0 rings (SSSR count). The van der Waals surface area contributed by atoms with Gasteiger partial charge in [-0.15, -0.1) is 0 Å². The molecule has 1 unspecified atom stereocenters. The molecule has 0 radical (unpaired) electrons. The summed E-state index contributed by atoms with van der Waals surface area (Å²) in [6.45, 7) is 5.57. The van der Waals surface area contributed by atoms with E-state index in [2.05, 4.69) is 13.8 Å². The lowest BCUT2D eigenvalue weighted by Gasteiger charge is -2.07. The number of unbranched alkanes of at least 4 members (excludes halogenated alkanes) is 15. The van der Waals surface area contributed by atoms with Crippen molar-refractivity contribution in [2.75, 3.05) is 0 Å². The van der Waals surface area contributed by atoms with Crippen molar-refractivity contribution in [1.29, 1.82) is 0 Å². The van der Waals surface area contributed by atoms with Crippen molar-refractivity contribution in [2.45, 2.75) is 142 Å². The highest BCUT2D eigenvalue weighted by Crippen LogP contribution is 2.14. The summed E-state index contributed by atoms with van der Waals surface area (Å²) in [4.78, 5) is 9.00. The SMILES string of the molecule is CC(=O)O.CCCCCCCCCCCCCCCCCCC(N)CC. The van der Waals surface area contributed by atoms with E-state index in [4.69, 9.17) is 15.6 Å². The Morgan fingerprint density at radius 1 is 0.692 bits per heavy atom. The highest BCUT2D eigenvalue weighted by atomic mass is 16.4. The van der Waals surface area contributed by atoms with Crippen molar-refractivity contribution in [1.82, 2.24) is 0 Å². The average Bonchev–Trinajstić information content (AvgIpc) is 2.60. The van der Waals surface area contributed by atoms with Crippen LogP contribution in [0.4, 0.5) is 0 Å². The zero-order valence-electron chi connectivity index (χ0n) is 18.2. The standard InChI is InChI=1S/C21H45N.C2H4O2/c1-3-5-6-7-8-9-10-11-12-13-14-15-16-17-18-19-20-21(22)4-2;1-2(3)4/h21H,3-20,22H2,1-2H3;1H3,(H,3,4). The molecular weight excluding hydrogens is 322 g/mol. The molecule has 3 N–H and O–H groups in total. The Bertz CT molecular complexity index is 265. The van der Waals surface area contributed by atoms with E-state index in [1.54, 1.807) is 0 Å². The van der Waals surface area contributed by atoms with E-state index in [-0.39, 0.29) is 0 Å². The molecule has 0 bridgehead atoms. The molecule has 1 atom stereocenters. The Balaban J connectivity index is 0. The maximum Gasteiger partial charge on any atom is 0.300 e. The second kappa shape index (κ2) is 24.4. The Morgan fingerprint density at radius 2 is 0.962 bits per heavy atom. The van der Waals surface area contributed by atoms with Crippen molar-refractivity contribution in [3.63, 3.8) is 0 Å². The van der Waals surface area contributed by atoms with Crippen LogP contribution in [0.25, 0.3) is 0 Å². The number of rotatable bonds is 18. The molecule has 3 nitrogen and oxygen atoms in total. The van der Waals surface area contributed by atoms with E-state index >= 15 is 0 Å². The molecule has 0 aliphatic carbocycles. The van der Waals surface area contributed by atoms with Crippen LogP contribution in [0.15, 0.2) is 0 Å². The number of aliphatic carboxylic acids is 1. The zero-order valence-corrected chi connectivity index (χ0v) is 18.2. The summed E-state index contributed by atoms with van der Waals surface area (Å²) in [5.41, 5.74) is 5.93. The Kier molecular flexibility index (Phi) is 26.0. The molecule has 0 aromatic rings. The van der Waals surface area contributed by atoms with Gasteiger partial charge in [0.25, 0.3) is 5.97 Å². The van der Waals surface area contributed by atoms with E-state index in [1.165, 1.54) is 109 Å². The topological polar surface area (TPSA) is 63.3 Å². The van der Waals surface area contributed by atoms with E-state index in [0.29, 0.717) is 6.04 Å². The number of hydrogen-bond acceptors (Lipinski definition) is 2. The molecule has 0 aromatic heterocycles. The summed E-state index contributed by atoms with van der Waals surface area (Å²) < 4.78 is 0. The lowest BCUT2D eigenvalue weighted by molar-refractivity contribution is -0.134. The smallest absolute Gasteiger partial charge is 0.300 e. The van der Waals surface area contributed by atoms with Crippen LogP contribution in [-0.2, 0) is 4.79 Å². The number of carboxylic acid groups (broad SMARTS) is 1. The summed E-state index contributed by atoms with van der Waals surface area (Å²) in [5, 5.41) is 7.42. The predicted octanol–water partition coefficient (Wildman–Crippen LogP) is 7.47. The Hall–Kier alpha value is -0.570. The monoisotopic (exact) mass is 371 g/mol. The van der Waals surface area contributed by atoms with Crippen molar-refractivity contribution in [3.8, 4) is 0 Å². The first-order valence-corrected chi connectivity index (χ1v) is 11.5. The minimum Gasteiger partial charge on any atom is -0.481 e. The summed E-state index contributed by atoms with van der Waals surface area (Å²) in [7, 11) is 0. The summed E-state index contributed by atoms with van der Waals surface area (Å²) in [6.07, 6.45) is 25.5. The van der Waals surface area contributed by atoms with Crippen LogP contribution in [0, 0.1) is 0 Å². The van der Waals surface area contributed by atoms with Crippen molar-refractivity contribution in [3.05, 3.63) is 0 Å². The largest absolute Gasteiger partial charge is 0.481 e. The summed E-state index contributed by atoms with van der Waals surface area (Å²) in [5.74, 6) is -0.833. The van der Waals surface area contributed by atoms with Gasteiger partial charge in [0.15, 0.2) is 0 Å². The number of carbonyl (C=O) groups is 1. The highest BCUT2D eigenvalue weighted by molar-refractivity contribution is 5.62. The Labute approximate surface area is 164 Å². The van der Waals surface area contributed by atoms with Gasteiger partial charge >= 0.3 is 0 Å². The van der Waals surface area contributed by atoms with Gasteiger partial charge in [-0.3, -0.25) is 4.79 Å². The molecule has 0 saturated heterocycles. The molecule has 158 valence electrons. The predicted molar refractivity (Wildman–Crippen MR) is 116 cm³/mol. The van der Waals surface area contributed by atoms with Gasteiger partial charge in [-0.1, -0.05) is 117 Å². The molecule has 0 amide bonds. The minimum absolute atomic E-state index is 0.451. The van der Waals surface area contributed by atoms with Gasteiger partial charge in [-0.25, -0.2) is 0 Å². The van der Waals surface area contributed by atoms with Crippen LogP contribution in [0.1, 0.15) is 136 Å². The maximum atomic E-state index is 9.00. The summed E-state index contributed by atoms with van der Waals surface area (Å²) in [6, 6.07) is 0.451. The van der Waals surface area contributed by atoms with E-state index in [1.807, 2.05) is 0 Å².